The van der Waals surface area contributed by atoms with Crippen molar-refractivity contribution in [3.8, 4) is 11.5 Å². The van der Waals surface area contributed by atoms with Crippen LogP contribution in [0.15, 0.2) is 48.5 Å². The monoisotopic (exact) mass is 432 g/mol. The molecule has 1 fully saturated rings. The summed E-state index contributed by atoms with van der Waals surface area (Å²) in [6, 6.07) is 15.0. The predicted octanol–water partition coefficient (Wildman–Crippen LogP) is 4.26. The topological polar surface area (TPSA) is 50.8 Å². The Balaban J connectivity index is 1.47. The summed E-state index contributed by atoms with van der Waals surface area (Å²) in [5.74, 6) is 0.745. The van der Waals surface area contributed by atoms with Gasteiger partial charge >= 0.3 is 6.61 Å². The van der Waals surface area contributed by atoms with E-state index in [2.05, 4.69) is 39.2 Å². The molecule has 1 aliphatic heterocycles. The third-order valence-corrected chi connectivity index (χ3v) is 5.85. The number of methoxy groups -OCH3 is 1. The third kappa shape index (κ3) is 6.66. The van der Waals surface area contributed by atoms with E-state index in [9.17, 15) is 13.6 Å². The molecule has 2 aromatic carbocycles. The number of alkyl halides is 2. The number of nitrogens with one attached hydrogen (secondary N) is 1. The second-order valence-corrected chi connectivity index (χ2v) is 7.93. The zero-order chi connectivity index (χ0) is 22.2. The highest BCUT2D eigenvalue weighted by atomic mass is 19.3. The highest BCUT2D eigenvalue weighted by Crippen LogP contribution is 2.29. The molecule has 1 unspecified atom stereocenters. The molecule has 31 heavy (non-hydrogen) atoms. The van der Waals surface area contributed by atoms with E-state index in [4.69, 9.17) is 4.74 Å². The number of ether oxygens (including phenoxy) is 2. The minimum atomic E-state index is -2.94. The first-order chi connectivity index (χ1) is 15.0. The molecule has 1 amide bonds. The molecule has 7 heteroatoms. The molecule has 0 spiro atoms. The average Bonchev–Trinajstić information content (AvgIpc) is 2.78. The number of hydrogen-bond donors (Lipinski definition) is 1. The van der Waals surface area contributed by atoms with E-state index in [-0.39, 0.29) is 30.0 Å². The largest absolute Gasteiger partial charge is 0.493 e. The number of likely N-dealkylation sites (tertiary alicyclic amines) is 1. The van der Waals surface area contributed by atoms with Gasteiger partial charge < -0.3 is 14.8 Å². The van der Waals surface area contributed by atoms with E-state index in [0.717, 1.165) is 32.4 Å². The quantitative estimate of drug-likeness (QED) is 0.644. The summed E-state index contributed by atoms with van der Waals surface area (Å²) >= 11 is 0. The van der Waals surface area contributed by atoms with Crippen LogP contribution in [0.2, 0.25) is 0 Å². The van der Waals surface area contributed by atoms with Gasteiger partial charge in [0.1, 0.15) is 0 Å². The van der Waals surface area contributed by atoms with Crippen molar-refractivity contribution in [1.29, 1.82) is 0 Å². The Morgan fingerprint density at radius 1 is 1.10 bits per heavy atom. The van der Waals surface area contributed by atoms with E-state index in [1.54, 1.807) is 12.1 Å². The molecule has 0 aromatic heterocycles. The first kappa shape index (κ1) is 23.0. The fourth-order valence-electron chi connectivity index (χ4n) is 4.01. The van der Waals surface area contributed by atoms with Crippen molar-refractivity contribution in [3.05, 3.63) is 59.7 Å². The number of rotatable bonds is 9. The maximum Gasteiger partial charge on any atom is 0.387 e. The molecule has 1 saturated heterocycles. The number of carbonyl (C=O) groups excluding carboxylic acids is 1. The number of carbonyl (C=O) groups is 1. The molecule has 1 N–H and O–H groups in total. The van der Waals surface area contributed by atoms with Gasteiger partial charge in [0.25, 0.3) is 0 Å². The Bertz CT molecular complexity index is 840. The molecule has 1 atom stereocenters. The van der Waals surface area contributed by atoms with Crippen molar-refractivity contribution < 1.29 is 23.0 Å². The number of amides is 1. The molecule has 5 nitrogen and oxygen atoms in total. The smallest absolute Gasteiger partial charge is 0.387 e. The van der Waals surface area contributed by atoms with Gasteiger partial charge in [-0.2, -0.15) is 8.78 Å². The van der Waals surface area contributed by atoms with E-state index < -0.39 is 6.61 Å². The molecule has 1 aliphatic rings. The van der Waals surface area contributed by atoms with Gasteiger partial charge in [0, 0.05) is 6.54 Å². The van der Waals surface area contributed by atoms with Crippen molar-refractivity contribution in [2.75, 3.05) is 20.2 Å². The lowest BCUT2D eigenvalue weighted by molar-refractivity contribution is -0.126. The van der Waals surface area contributed by atoms with Crippen molar-refractivity contribution in [3.63, 3.8) is 0 Å². The van der Waals surface area contributed by atoms with Crippen molar-refractivity contribution in [1.82, 2.24) is 10.2 Å². The minimum absolute atomic E-state index is 0.0437. The molecule has 168 valence electrons. The third-order valence-electron chi connectivity index (χ3n) is 5.85. The standard InChI is InChI=1S/C24H30F2N2O3/c1-17(28-12-10-19(11-13-28)14-18-6-4-3-5-7-18)23(29)27-16-20-8-9-21(30-2)22(15-20)31-24(25)26/h3-9,15,17,19,24H,10-14,16H2,1-2H3,(H,27,29). The summed E-state index contributed by atoms with van der Waals surface area (Å²) < 4.78 is 34.7. The lowest BCUT2D eigenvalue weighted by Crippen LogP contribution is -2.48. The lowest BCUT2D eigenvalue weighted by atomic mass is 9.89. The summed E-state index contributed by atoms with van der Waals surface area (Å²) in [7, 11) is 1.39. The molecule has 0 bridgehead atoms. The van der Waals surface area contributed by atoms with Gasteiger partial charge in [-0.25, -0.2) is 0 Å². The SMILES string of the molecule is COc1ccc(CNC(=O)C(C)N2CCC(Cc3ccccc3)CC2)cc1OC(F)F. The first-order valence-electron chi connectivity index (χ1n) is 10.6. The van der Waals surface area contributed by atoms with Gasteiger partial charge in [0.05, 0.1) is 13.2 Å². The molecule has 0 aliphatic carbocycles. The number of halogens is 2. The average molecular weight is 433 g/mol. The van der Waals surface area contributed by atoms with Crippen LogP contribution in [-0.4, -0.2) is 43.7 Å². The van der Waals surface area contributed by atoms with Crippen molar-refractivity contribution in [2.24, 2.45) is 5.92 Å². The minimum Gasteiger partial charge on any atom is -0.493 e. The Morgan fingerprint density at radius 3 is 2.45 bits per heavy atom. The summed E-state index contributed by atoms with van der Waals surface area (Å²) in [5, 5.41) is 2.90. The Morgan fingerprint density at radius 2 is 1.81 bits per heavy atom. The Hall–Kier alpha value is -2.67. The van der Waals surface area contributed by atoms with Gasteiger partial charge in [0.15, 0.2) is 11.5 Å². The summed E-state index contributed by atoms with van der Waals surface area (Å²) in [6.45, 7) is 0.981. The molecule has 1 heterocycles. The van der Waals surface area contributed by atoms with Crippen LogP contribution in [0.25, 0.3) is 0 Å². The first-order valence-corrected chi connectivity index (χ1v) is 10.6. The van der Waals surface area contributed by atoms with E-state index in [1.165, 1.54) is 18.7 Å². The van der Waals surface area contributed by atoms with Gasteiger partial charge in [-0.3, -0.25) is 9.69 Å². The van der Waals surface area contributed by atoms with Crippen LogP contribution < -0.4 is 14.8 Å². The van der Waals surface area contributed by atoms with E-state index in [0.29, 0.717) is 11.5 Å². The van der Waals surface area contributed by atoms with Gasteiger partial charge in [-0.15, -0.1) is 0 Å². The van der Waals surface area contributed by atoms with Crippen LogP contribution in [-0.2, 0) is 17.8 Å². The van der Waals surface area contributed by atoms with E-state index in [1.807, 2.05) is 13.0 Å². The number of nitrogens with zero attached hydrogens (tertiary/aromatic N) is 1. The fourth-order valence-corrected chi connectivity index (χ4v) is 4.01. The maximum atomic E-state index is 12.6. The number of piperidine rings is 1. The Kier molecular flexibility index (Phi) is 8.23. The van der Waals surface area contributed by atoms with Crippen molar-refractivity contribution in [2.45, 2.75) is 45.4 Å². The van der Waals surface area contributed by atoms with Crippen LogP contribution in [0.3, 0.4) is 0 Å². The maximum absolute atomic E-state index is 12.6. The molecule has 2 aromatic rings. The lowest BCUT2D eigenvalue weighted by Gasteiger charge is -2.35. The zero-order valence-electron chi connectivity index (χ0n) is 18.0. The second-order valence-electron chi connectivity index (χ2n) is 7.93. The molecular formula is C24H30F2N2O3. The normalized spacial score (nSPS) is 16.2. The molecule has 0 radical (unpaired) electrons. The van der Waals surface area contributed by atoms with Crippen LogP contribution >= 0.6 is 0 Å². The van der Waals surface area contributed by atoms with Gasteiger partial charge in [-0.1, -0.05) is 36.4 Å². The number of hydrogen-bond acceptors (Lipinski definition) is 4. The van der Waals surface area contributed by atoms with Gasteiger partial charge in [-0.05, 0) is 68.5 Å². The predicted molar refractivity (Wildman–Crippen MR) is 115 cm³/mol. The van der Waals surface area contributed by atoms with Crippen LogP contribution in [0.4, 0.5) is 8.78 Å². The van der Waals surface area contributed by atoms with E-state index >= 15 is 0 Å². The molecular weight excluding hydrogens is 402 g/mol. The summed E-state index contributed by atoms with van der Waals surface area (Å²) in [6.07, 6.45) is 3.22. The fraction of sp³-hybridized carbons (Fsp3) is 0.458. The van der Waals surface area contributed by atoms with Crippen LogP contribution in [0, 0.1) is 5.92 Å². The molecule has 0 saturated carbocycles. The Labute approximate surface area is 182 Å². The summed E-state index contributed by atoms with van der Waals surface area (Å²) in [5.41, 5.74) is 2.03. The van der Waals surface area contributed by atoms with Crippen LogP contribution in [0.1, 0.15) is 30.9 Å². The summed E-state index contributed by atoms with van der Waals surface area (Å²) in [4.78, 5) is 14.8. The molecule has 3 rings (SSSR count). The van der Waals surface area contributed by atoms with Crippen molar-refractivity contribution >= 4 is 5.91 Å². The number of benzene rings is 2. The zero-order valence-corrected chi connectivity index (χ0v) is 18.0. The second kappa shape index (κ2) is 11.1. The van der Waals surface area contributed by atoms with Crippen LogP contribution in [0.5, 0.6) is 11.5 Å². The van der Waals surface area contributed by atoms with Gasteiger partial charge in [0.2, 0.25) is 5.91 Å². The highest BCUT2D eigenvalue weighted by Gasteiger charge is 2.26. The highest BCUT2D eigenvalue weighted by molar-refractivity contribution is 5.81.